The number of aliphatic hydroxyl groups is 1. The van der Waals surface area contributed by atoms with Gasteiger partial charge in [-0.2, -0.15) is 0 Å². The molecule has 0 fully saturated rings. The highest BCUT2D eigenvalue weighted by Gasteiger charge is 2.19. The van der Waals surface area contributed by atoms with Gasteiger partial charge in [-0.3, -0.25) is 4.79 Å². The zero-order chi connectivity index (χ0) is 13.8. The molecule has 0 bridgehead atoms. The lowest BCUT2D eigenvalue weighted by Crippen LogP contribution is -2.37. The summed E-state index contributed by atoms with van der Waals surface area (Å²) in [6.45, 7) is 1.69. The average molecular weight is 262 g/mol. The number of rotatable bonds is 4. The van der Waals surface area contributed by atoms with Gasteiger partial charge in [-0.25, -0.2) is 4.39 Å². The van der Waals surface area contributed by atoms with E-state index in [1.165, 1.54) is 24.3 Å². The number of aromatic nitrogens is 1. The number of aromatic amines is 1. The Balaban J connectivity index is 2.01. The molecule has 0 radical (unpaired) electrons. The van der Waals surface area contributed by atoms with Crippen molar-refractivity contribution in [1.82, 2.24) is 10.3 Å². The van der Waals surface area contributed by atoms with Crippen LogP contribution in [0.25, 0.3) is 0 Å². The van der Waals surface area contributed by atoms with Gasteiger partial charge in [0.15, 0.2) is 0 Å². The zero-order valence-corrected chi connectivity index (χ0v) is 10.4. The Morgan fingerprint density at radius 1 is 1.32 bits per heavy atom. The van der Waals surface area contributed by atoms with Crippen LogP contribution in [0.1, 0.15) is 29.1 Å². The number of benzene rings is 1. The van der Waals surface area contributed by atoms with Gasteiger partial charge < -0.3 is 15.4 Å². The van der Waals surface area contributed by atoms with E-state index < -0.39 is 12.1 Å². The molecule has 2 unspecified atom stereocenters. The number of H-pyrrole nitrogens is 1. The molecule has 2 atom stereocenters. The van der Waals surface area contributed by atoms with Gasteiger partial charge in [0.1, 0.15) is 11.5 Å². The van der Waals surface area contributed by atoms with Crippen LogP contribution in [0.2, 0.25) is 0 Å². The van der Waals surface area contributed by atoms with Crippen LogP contribution in [0.4, 0.5) is 4.39 Å². The summed E-state index contributed by atoms with van der Waals surface area (Å²) in [6.07, 6.45) is 0.759. The standard InChI is InChI=1S/C14H15FN2O2/c1-9(17-14(19)12-3-2-8-16-12)13(18)10-4-6-11(15)7-5-10/h2-9,13,16,18H,1H3,(H,17,19). The predicted octanol–water partition coefficient (Wildman–Crippen LogP) is 2.01. The topological polar surface area (TPSA) is 65.1 Å². The second kappa shape index (κ2) is 5.67. The monoisotopic (exact) mass is 262 g/mol. The fraction of sp³-hybridized carbons (Fsp3) is 0.214. The van der Waals surface area contributed by atoms with Crippen LogP contribution in [0.15, 0.2) is 42.6 Å². The van der Waals surface area contributed by atoms with Crippen LogP contribution >= 0.6 is 0 Å². The minimum atomic E-state index is -0.889. The first-order chi connectivity index (χ1) is 9.08. The van der Waals surface area contributed by atoms with Crippen LogP contribution in [0.5, 0.6) is 0 Å². The average Bonchev–Trinajstić information content (AvgIpc) is 2.92. The molecule has 0 spiro atoms. The van der Waals surface area contributed by atoms with Crippen LogP contribution in [-0.2, 0) is 0 Å². The second-order valence-electron chi connectivity index (χ2n) is 4.34. The van der Waals surface area contributed by atoms with Gasteiger partial charge in [0, 0.05) is 6.20 Å². The summed E-state index contributed by atoms with van der Waals surface area (Å²) in [4.78, 5) is 14.6. The van der Waals surface area contributed by atoms with E-state index in [0.29, 0.717) is 11.3 Å². The quantitative estimate of drug-likeness (QED) is 0.789. The molecule has 0 saturated heterocycles. The van der Waals surface area contributed by atoms with Crippen molar-refractivity contribution in [2.75, 3.05) is 0 Å². The highest BCUT2D eigenvalue weighted by Crippen LogP contribution is 2.17. The van der Waals surface area contributed by atoms with E-state index in [1.807, 2.05) is 0 Å². The largest absolute Gasteiger partial charge is 0.386 e. The minimum Gasteiger partial charge on any atom is -0.386 e. The van der Waals surface area contributed by atoms with Crippen molar-refractivity contribution < 1.29 is 14.3 Å². The van der Waals surface area contributed by atoms with Crippen molar-refractivity contribution in [3.63, 3.8) is 0 Å². The summed E-state index contributed by atoms with van der Waals surface area (Å²) in [7, 11) is 0. The predicted molar refractivity (Wildman–Crippen MR) is 69.1 cm³/mol. The first-order valence-corrected chi connectivity index (χ1v) is 5.95. The molecule has 0 aliphatic carbocycles. The van der Waals surface area contributed by atoms with Crippen molar-refractivity contribution in [2.45, 2.75) is 19.1 Å². The molecule has 4 nitrogen and oxygen atoms in total. The number of hydrogen-bond acceptors (Lipinski definition) is 2. The lowest BCUT2D eigenvalue weighted by molar-refractivity contribution is 0.0848. The fourth-order valence-corrected chi connectivity index (χ4v) is 1.78. The van der Waals surface area contributed by atoms with E-state index in [9.17, 15) is 14.3 Å². The normalized spacial score (nSPS) is 13.8. The van der Waals surface area contributed by atoms with Gasteiger partial charge in [0.05, 0.1) is 12.1 Å². The summed E-state index contributed by atoms with van der Waals surface area (Å²) in [6, 6.07) is 8.42. The molecule has 19 heavy (non-hydrogen) atoms. The van der Waals surface area contributed by atoms with E-state index in [-0.39, 0.29) is 11.7 Å². The van der Waals surface area contributed by atoms with Crippen LogP contribution in [0.3, 0.4) is 0 Å². The second-order valence-corrected chi connectivity index (χ2v) is 4.34. The molecule has 100 valence electrons. The lowest BCUT2D eigenvalue weighted by Gasteiger charge is -2.20. The maximum atomic E-state index is 12.8. The molecule has 5 heteroatoms. The Hall–Kier alpha value is -2.14. The molecule has 1 heterocycles. The minimum absolute atomic E-state index is 0.293. The molecule has 2 rings (SSSR count). The van der Waals surface area contributed by atoms with Crippen molar-refractivity contribution in [2.24, 2.45) is 0 Å². The van der Waals surface area contributed by atoms with Crippen molar-refractivity contribution in [3.8, 4) is 0 Å². The summed E-state index contributed by atoms with van der Waals surface area (Å²) in [5, 5.41) is 12.8. The Bertz CT molecular complexity index is 537. The van der Waals surface area contributed by atoms with Crippen LogP contribution in [-0.4, -0.2) is 22.0 Å². The summed E-state index contributed by atoms with van der Waals surface area (Å²) < 4.78 is 12.8. The number of carbonyl (C=O) groups excluding carboxylic acids is 1. The molecule has 2 aromatic rings. The molecule has 1 aromatic carbocycles. The SMILES string of the molecule is CC(NC(=O)c1ccc[nH]1)C(O)c1ccc(F)cc1. The number of halogens is 1. The molecule has 0 aliphatic rings. The van der Waals surface area contributed by atoms with Crippen molar-refractivity contribution in [1.29, 1.82) is 0 Å². The number of nitrogens with one attached hydrogen (secondary N) is 2. The van der Waals surface area contributed by atoms with E-state index in [1.54, 1.807) is 25.3 Å². The first kappa shape index (κ1) is 13.3. The molecule has 0 aliphatic heterocycles. The number of aliphatic hydroxyl groups excluding tert-OH is 1. The highest BCUT2D eigenvalue weighted by atomic mass is 19.1. The van der Waals surface area contributed by atoms with E-state index >= 15 is 0 Å². The van der Waals surface area contributed by atoms with Gasteiger partial charge in [0.25, 0.3) is 5.91 Å². The van der Waals surface area contributed by atoms with Crippen molar-refractivity contribution in [3.05, 3.63) is 59.7 Å². The molecular formula is C14H15FN2O2. The number of hydrogen-bond donors (Lipinski definition) is 3. The van der Waals surface area contributed by atoms with Gasteiger partial charge in [-0.05, 0) is 36.8 Å². The van der Waals surface area contributed by atoms with Gasteiger partial charge in [-0.15, -0.1) is 0 Å². The Morgan fingerprint density at radius 3 is 2.58 bits per heavy atom. The smallest absolute Gasteiger partial charge is 0.267 e. The Morgan fingerprint density at radius 2 is 2.00 bits per heavy atom. The maximum absolute atomic E-state index is 12.8. The van der Waals surface area contributed by atoms with Gasteiger partial charge in [-0.1, -0.05) is 12.1 Å². The van der Waals surface area contributed by atoms with E-state index in [2.05, 4.69) is 10.3 Å². The van der Waals surface area contributed by atoms with E-state index in [0.717, 1.165) is 0 Å². The summed E-state index contributed by atoms with van der Waals surface area (Å²) in [5.41, 5.74) is 0.985. The van der Waals surface area contributed by atoms with Crippen LogP contribution < -0.4 is 5.32 Å². The Labute approximate surface area is 110 Å². The number of amides is 1. The molecule has 3 N–H and O–H groups in total. The third kappa shape index (κ3) is 3.20. The van der Waals surface area contributed by atoms with Crippen molar-refractivity contribution >= 4 is 5.91 Å². The maximum Gasteiger partial charge on any atom is 0.267 e. The van der Waals surface area contributed by atoms with Gasteiger partial charge in [0.2, 0.25) is 0 Å². The lowest BCUT2D eigenvalue weighted by atomic mass is 10.0. The third-order valence-electron chi connectivity index (χ3n) is 2.89. The molecule has 0 saturated carbocycles. The molecule has 1 aromatic heterocycles. The summed E-state index contributed by atoms with van der Waals surface area (Å²) >= 11 is 0. The van der Waals surface area contributed by atoms with E-state index in [4.69, 9.17) is 0 Å². The van der Waals surface area contributed by atoms with Crippen LogP contribution in [0, 0.1) is 5.82 Å². The highest BCUT2D eigenvalue weighted by molar-refractivity contribution is 5.92. The molecular weight excluding hydrogens is 247 g/mol. The summed E-state index contributed by atoms with van der Waals surface area (Å²) in [5.74, 6) is -0.655. The van der Waals surface area contributed by atoms with Gasteiger partial charge >= 0.3 is 0 Å². The zero-order valence-electron chi connectivity index (χ0n) is 10.4. The number of carbonyl (C=O) groups is 1. The Kier molecular flexibility index (Phi) is 3.97. The fourth-order valence-electron chi connectivity index (χ4n) is 1.78. The molecule has 1 amide bonds. The first-order valence-electron chi connectivity index (χ1n) is 5.95. The third-order valence-corrected chi connectivity index (χ3v) is 2.89.